The van der Waals surface area contributed by atoms with Gasteiger partial charge in [-0.05, 0) is 52.9 Å². The first-order chi connectivity index (χ1) is 9.06. The maximum absolute atomic E-state index is 10.6. The van der Waals surface area contributed by atoms with E-state index in [1.54, 1.807) is 18.2 Å². The number of nitriles is 1. The van der Waals surface area contributed by atoms with Crippen LogP contribution in [-0.2, 0) is 4.74 Å². The van der Waals surface area contributed by atoms with E-state index < -0.39 is 11.5 Å². The topological polar surface area (TPSA) is 53.2 Å². The molecule has 0 radical (unpaired) electrons. The summed E-state index contributed by atoms with van der Waals surface area (Å²) in [5.74, 6) is 0. The van der Waals surface area contributed by atoms with Gasteiger partial charge in [-0.1, -0.05) is 17.7 Å². The first-order valence-electron chi connectivity index (χ1n) is 6.26. The molecule has 4 atom stereocenters. The molecule has 19 heavy (non-hydrogen) atoms. The van der Waals surface area contributed by atoms with Gasteiger partial charge in [-0.25, -0.2) is 0 Å². The van der Waals surface area contributed by atoms with Crippen molar-refractivity contribution in [2.75, 3.05) is 0 Å². The van der Waals surface area contributed by atoms with Gasteiger partial charge in [-0.3, -0.25) is 0 Å². The van der Waals surface area contributed by atoms with Crippen LogP contribution in [-0.4, -0.2) is 17.3 Å². The second kappa shape index (κ2) is 4.75. The highest BCUT2D eigenvalue weighted by Crippen LogP contribution is 2.54. The third-order valence-corrected chi connectivity index (χ3v) is 5.42. The molecule has 3 rings (SSSR count). The summed E-state index contributed by atoms with van der Waals surface area (Å²) in [6.07, 6.45) is 1.56. The zero-order valence-corrected chi connectivity index (χ0v) is 12.5. The van der Waals surface area contributed by atoms with Crippen molar-refractivity contribution in [1.29, 1.82) is 5.26 Å². The normalized spacial score (nSPS) is 34.2. The molecule has 4 unspecified atom stereocenters. The van der Waals surface area contributed by atoms with Crippen LogP contribution in [0.1, 0.15) is 30.9 Å². The third kappa shape index (κ3) is 2.00. The summed E-state index contributed by atoms with van der Waals surface area (Å²) in [5, 5.41) is 20.8. The molecular weight excluding hydrogens is 330 g/mol. The zero-order valence-electron chi connectivity index (χ0n) is 10.1. The van der Waals surface area contributed by atoms with Gasteiger partial charge in [-0.2, -0.15) is 5.26 Å². The van der Waals surface area contributed by atoms with E-state index in [9.17, 15) is 10.4 Å². The number of halogens is 2. The summed E-state index contributed by atoms with van der Waals surface area (Å²) in [5.41, 5.74) is -0.120. The van der Waals surface area contributed by atoms with Crippen molar-refractivity contribution in [3.8, 4) is 6.07 Å². The molecule has 1 N–H and O–H groups in total. The highest BCUT2D eigenvalue weighted by atomic mass is 79.9. The van der Waals surface area contributed by atoms with Gasteiger partial charge in [0.2, 0.25) is 0 Å². The predicted octanol–water partition coefficient (Wildman–Crippen LogP) is 3.60. The number of hydrogen-bond donors (Lipinski definition) is 1. The summed E-state index contributed by atoms with van der Waals surface area (Å²) >= 11 is 9.30. The van der Waals surface area contributed by atoms with Crippen LogP contribution in [0.3, 0.4) is 0 Å². The number of aliphatic hydroxyl groups excluding tert-OH is 1. The zero-order chi connectivity index (χ0) is 13.6. The molecule has 100 valence electrons. The monoisotopic (exact) mass is 341 g/mol. The van der Waals surface area contributed by atoms with Crippen LogP contribution in [0.2, 0.25) is 5.02 Å². The van der Waals surface area contributed by atoms with Crippen LogP contribution >= 0.6 is 27.5 Å². The van der Waals surface area contributed by atoms with Gasteiger partial charge in [0.1, 0.15) is 11.5 Å². The lowest BCUT2D eigenvalue weighted by atomic mass is 9.69. The fraction of sp³-hybridized carbons (Fsp3) is 0.500. The Labute approximate surface area is 125 Å². The maximum Gasteiger partial charge on any atom is 0.116 e. The van der Waals surface area contributed by atoms with Crippen molar-refractivity contribution >= 4 is 27.5 Å². The van der Waals surface area contributed by atoms with E-state index in [2.05, 4.69) is 22.0 Å². The molecular formula is C14H13BrClNO2. The fourth-order valence-electron chi connectivity index (χ4n) is 3.19. The van der Waals surface area contributed by atoms with E-state index >= 15 is 0 Å². The van der Waals surface area contributed by atoms with Crippen molar-refractivity contribution < 1.29 is 9.84 Å². The van der Waals surface area contributed by atoms with E-state index in [1.165, 1.54) is 0 Å². The van der Waals surface area contributed by atoms with Crippen LogP contribution in [0.5, 0.6) is 0 Å². The molecule has 0 amide bonds. The molecule has 2 saturated heterocycles. The molecule has 2 bridgehead atoms. The second-order valence-corrected chi connectivity index (χ2v) is 6.52. The van der Waals surface area contributed by atoms with Crippen molar-refractivity contribution in [1.82, 2.24) is 0 Å². The number of benzene rings is 1. The smallest absolute Gasteiger partial charge is 0.116 e. The van der Waals surface area contributed by atoms with Crippen LogP contribution in [0.25, 0.3) is 0 Å². The Morgan fingerprint density at radius 3 is 2.84 bits per heavy atom. The standard InChI is InChI=1S/C14H13BrClNO2/c15-10-5-8(1-3-11(10)16)13(18)14(7-17)6-9-2-4-12(14)19-9/h1,3,5,9,12-13,18H,2,4,6H2. The lowest BCUT2D eigenvalue weighted by Gasteiger charge is -2.33. The van der Waals surface area contributed by atoms with Crippen LogP contribution in [0.15, 0.2) is 22.7 Å². The number of hydrogen-bond acceptors (Lipinski definition) is 3. The van der Waals surface area contributed by atoms with Gasteiger partial charge in [0.05, 0.1) is 23.3 Å². The Morgan fingerprint density at radius 2 is 2.32 bits per heavy atom. The van der Waals surface area contributed by atoms with Crippen LogP contribution < -0.4 is 0 Å². The Balaban J connectivity index is 1.96. The van der Waals surface area contributed by atoms with Crippen LogP contribution in [0.4, 0.5) is 0 Å². The van der Waals surface area contributed by atoms with Gasteiger partial charge in [0.15, 0.2) is 0 Å². The molecule has 0 saturated carbocycles. The summed E-state index contributed by atoms with van der Waals surface area (Å²) in [6.45, 7) is 0. The van der Waals surface area contributed by atoms with Gasteiger partial charge < -0.3 is 9.84 Å². The lowest BCUT2D eigenvalue weighted by molar-refractivity contribution is 0.00339. The largest absolute Gasteiger partial charge is 0.387 e. The minimum Gasteiger partial charge on any atom is -0.387 e. The number of fused-ring (bicyclic) bond motifs is 2. The molecule has 3 nitrogen and oxygen atoms in total. The Morgan fingerprint density at radius 1 is 1.53 bits per heavy atom. The van der Waals surface area contributed by atoms with E-state index in [-0.39, 0.29) is 12.2 Å². The van der Waals surface area contributed by atoms with Crippen molar-refractivity contribution in [3.05, 3.63) is 33.3 Å². The molecule has 5 heteroatoms. The minimum absolute atomic E-state index is 0.120. The number of rotatable bonds is 2. The van der Waals surface area contributed by atoms with E-state index in [1.807, 2.05) is 0 Å². The molecule has 2 heterocycles. The molecule has 2 aliphatic heterocycles. The van der Waals surface area contributed by atoms with E-state index in [0.29, 0.717) is 17.0 Å². The fourth-order valence-corrected chi connectivity index (χ4v) is 3.70. The predicted molar refractivity (Wildman–Crippen MR) is 74.7 cm³/mol. The minimum atomic E-state index is -0.846. The SMILES string of the molecule is N#CC1(C(O)c2ccc(Cl)c(Br)c2)CC2CCC1O2. The molecule has 2 fully saturated rings. The van der Waals surface area contributed by atoms with E-state index in [0.717, 1.165) is 17.3 Å². The molecule has 1 aromatic carbocycles. The molecule has 0 aliphatic carbocycles. The summed E-state index contributed by atoms with van der Waals surface area (Å²) in [6, 6.07) is 7.59. The van der Waals surface area contributed by atoms with Crippen molar-refractivity contribution in [2.24, 2.45) is 5.41 Å². The molecule has 0 spiro atoms. The lowest BCUT2D eigenvalue weighted by Crippen LogP contribution is -2.37. The Bertz CT molecular complexity index is 559. The Kier molecular flexibility index (Phi) is 3.34. The number of aliphatic hydroxyl groups is 1. The molecule has 2 aliphatic rings. The highest BCUT2D eigenvalue weighted by molar-refractivity contribution is 9.10. The van der Waals surface area contributed by atoms with Crippen molar-refractivity contribution in [3.63, 3.8) is 0 Å². The summed E-state index contributed by atoms with van der Waals surface area (Å²) < 4.78 is 6.48. The van der Waals surface area contributed by atoms with Gasteiger partial charge in [-0.15, -0.1) is 0 Å². The molecule has 1 aromatic rings. The summed E-state index contributed by atoms with van der Waals surface area (Å²) in [4.78, 5) is 0. The molecule has 0 aromatic heterocycles. The van der Waals surface area contributed by atoms with Gasteiger partial charge >= 0.3 is 0 Å². The first kappa shape index (κ1) is 13.4. The van der Waals surface area contributed by atoms with Gasteiger partial charge in [0, 0.05) is 4.47 Å². The average molecular weight is 343 g/mol. The second-order valence-electron chi connectivity index (χ2n) is 5.26. The first-order valence-corrected chi connectivity index (χ1v) is 7.43. The summed E-state index contributed by atoms with van der Waals surface area (Å²) in [7, 11) is 0. The highest BCUT2D eigenvalue weighted by Gasteiger charge is 2.57. The van der Waals surface area contributed by atoms with E-state index in [4.69, 9.17) is 16.3 Å². The average Bonchev–Trinajstić information content (AvgIpc) is 3.02. The number of nitrogens with zero attached hydrogens (tertiary/aromatic N) is 1. The van der Waals surface area contributed by atoms with Crippen LogP contribution in [0, 0.1) is 16.7 Å². The third-order valence-electron chi connectivity index (χ3n) is 4.20. The van der Waals surface area contributed by atoms with Gasteiger partial charge in [0.25, 0.3) is 0 Å². The number of ether oxygens (including phenoxy) is 1. The Hall–Kier alpha value is -0.600. The van der Waals surface area contributed by atoms with Crippen molar-refractivity contribution in [2.45, 2.75) is 37.6 Å². The maximum atomic E-state index is 10.6. The quantitative estimate of drug-likeness (QED) is 0.893.